The summed E-state index contributed by atoms with van der Waals surface area (Å²) in [6.45, 7) is 9.88. The van der Waals surface area contributed by atoms with E-state index in [1.54, 1.807) is 11.1 Å². The van der Waals surface area contributed by atoms with Gasteiger partial charge in [-0.05, 0) is 43.0 Å². The molecule has 1 aliphatic heterocycles. The van der Waals surface area contributed by atoms with Crippen LogP contribution in [0.15, 0.2) is 29.8 Å². The summed E-state index contributed by atoms with van der Waals surface area (Å²) in [5.41, 5.74) is 4.71. The second-order valence-corrected chi connectivity index (χ2v) is 5.63. The summed E-state index contributed by atoms with van der Waals surface area (Å²) in [4.78, 5) is 0. The first-order chi connectivity index (χ1) is 8.26. The van der Waals surface area contributed by atoms with Gasteiger partial charge in [0.2, 0.25) is 0 Å². The van der Waals surface area contributed by atoms with Crippen molar-refractivity contribution in [2.45, 2.75) is 20.3 Å². The Morgan fingerprint density at radius 3 is 2.71 bits per heavy atom. The number of likely N-dealkylation sites (tertiary alicyclic amines) is 1. The molecule has 0 aromatic heterocycles. The minimum atomic E-state index is 0.810. The summed E-state index contributed by atoms with van der Waals surface area (Å²) in [5.74, 6) is 0.810. The maximum atomic E-state index is 2.47. The fraction of sp³-hybridized carbons (Fsp3) is 0.500. The number of rotatable bonds is 2. The van der Waals surface area contributed by atoms with E-state index in [-0.39, 0.29) is 0 Å². The number of benzene rings is 1. The number of hydrogen-bond acceptors (Lipinski definition) is 0. The minimum Gasteiger partial charge on any atom is -0.320 e. The van der Waals surface area contributed by atoms with Gasteiger partial charge in [0.05, 0.1) is 19.6 Å². The lowest BCUT2D eigenvalue weighted by molar-refractivity contribution is -0.912. The Morgan fingerprint density at radius 2 is 1.94 bits per heavy atom. The summed E-state index contributed by atoms with van der Waals surface area (Å²) < 4.78 is 1.30. The summed E-state index contributed by atoms with van der Waals surface area (Å²) >= 11 is 0. The molecule has 0 N–H and O–H groups in total. The van der Waals surface area contributed by atoms with Crippen LogP contribution >= 0.6 is 0 Å². The zero-order valence-corrected chi connectivity index (χ0v) is 10.9. The van der Waals surface area contributed by atoms with Crippen molar-refractivity contribution in [1.82, 2.24) is 0 Å². The molecule has 0 radical (unpaired) electrons. The maximum Gasteiger partial charge on any atom is 0.101 e. The lowest BCUT2D eigenvalue weighted by atomic mass is 9.85. The fourth-order valence-corrected chi connectivity index (χ4v) is 3.56. The molecule has 1 nitrogen and oxygen atoms in total. The highest BCUT2D eigenvalue weighted by Gasteiger charge is 2.40. The molecule has 0 spiro atoms. The molecule has 2 aliphatic rings. The normalized spacial score (nSPS) is 25.1. The molecule has 1 heterocycles. The van der Waals surface area contributed by atoms with Crippen molar-refractivity contribution in [3.8, 4) is 0 Å². The predicted molar refractivity (Wildman–Crippen MR) is 72.7 cm³/mol. The van der Waals surface area contributed by atoms with Gasteiger partial charge in [-0.15, -0.1) is 0 Å². The van der Waals surface area contributed by atoms with Crippen LogP contribution in [0.25, 0.3) is 6.08 Å². The Hall–Kier alpha value is -1.08. The molecule has 1 heteroatoms. The molecule has 3 rings (SSSR count). The molecular formula is C16H22N+. The maximum absolute atomic E-state index is 2.47. The van der Waals surface area contributed by atoms with E-state index in [1.807, 2.05) is 0 Å². The fourth-order valence-electron chi connectivity index (χ4n) is 3.56. The average Bonchev–Trinajstić information content (AvgIpc) is 2.74. The van der Waals surface area contributed by atoms with Gasteiger partial charge in [0.15, 0.2) is 0 Å². The third-order valence-corrected chi connectivity index (χ3v) is 4.85. The Balaban J connectivity index is 1.94. The van der Waals surface area contributed by atoms with Crippen LogP contribution in [-0.4, -0.2) is 30.7 Å². The Bertz CT molecular complexity index is 454. The van der Waals surface area contributed by atoms with E-state index in [2.05, 4.69) is 44.2 Å². The van der Waals surface area contributed by atoms with Crippen LogP contribution in [0.3, 0.4) is 0 Å². The molecule has 17 heavy (non-hydrogen) atoms. The first-order valence-electron chi connectivity index (χ1n) is 6.90. The van der Waals surface area contributed by atoms with Crippen molar-refractivity contribution >= 4 is 6.08 Å². The Morgan fingerprint density at radius 1 is 1.18 bits per heavy atom. The summed E-state index contributed by atoms with van der Waals surface area (Å²) in [6, 6.07) is 8.90. The largest absolute Gasteiger partial charge is 0.320 e. The third kappa shape index (κ3) is 1.73. The lowest BCUT2D eigenvalue weighted by Gasteiger charge is -2.31. The van der Waals surface area contributed by atoms with E-state index in [9.17, 15) is 0 Å². The third-order valence-electron chi connectivity index (χ3n) is 4.85. The van der Waals surface area contributed by atoms with Crippen LogP contribution in [0.5, 0.6) is 0 Å². The monoisotopic (exact) mass is 228 g/mol. The molecule has 0 bridgehead atoms. The van der Waals surface area contributed by atoms with Gasteiger partial charge >= 0.3 is 0 Å². The minimum absolute atomic E-state index is 0.810. The van der Waals surface area contributed by atoms with Crippen molar-refractivity contribution in [1.29, 1.82) is 0 Å². The summed E-state index contributed by atoms with van der Waals surface area (Å²) in [6.07, 6.45) is 3.73. The molecule has 90 valence electrons. The van der Waals surface area contributed by atoms with E-state index >= 15 is 0 Å². The topological polar surface area (TPSA) is 0 Å². The van der Waals surface area contributed by atoms with Crippen molar-refractivity contribution < 1.29 is 4.48 Å². The second-order valence-electron chi connectivity index (χ2n) is 5.63. The summed E-state index contributed by atoms with van der Waals surface area (Å²) in [5, 5.41) is 0. The SMILES string of the molecule is CC[N+]1(CC)CC2=Cc3ccccc3C[C@H]2C1. The van der Waals surface area contributed by atoms with Gasteiger partial charge in [-0.2, -0.15) is 0 Å². The molecule has 0 unspecified atom stereocenters. The average molecular weight is 228 g/mol. The van der Waals surface area contributed by atoms with Crippen LogP contribution in [0.4, 0.5) is 0 Å². The molecule has 0 saturated carbocycles. The van der Waals surface area contributed by atoms with E-state index in [4.69, 9.17) is 0 Å². The van der Waals surface area contributed by atoms with Crippen molar-refractivity contribution in [2.24, 2.45) is 5.92 Å². The van der Waals surface area contributed by atoms with Crippen LogP contribution in [-0.2, 0) is 6.42 Å². The van der Waals surface area contributed by atoms with Crippen LogP contribution in [0.1, 0.15) is 25.0 Å². The van der Waals surface area contributed by atoms with E-state index in [0.717, 1.165) is 5.92 Å². The zero-order chi connectivity index (χ0) is 11.9. The molecule has 1 atom stereocenters. The number of nitrogens with zero attached hydrogens (tertiary/aromatic N) is 1. The number of hydrogen-bond donors (Lipinski definition) is 0. The highest BCUT2D eigenvalue weighted by Crippen LogP contribution is 2.37. The zero-order valence-electron chi connectivity index (χ0n) is 10.9. The second kappa shape index (κ2) is 3.99. The highest BCUT2D eigenvalue weighted by molar-refractivity contribution is 5.61. The van der Waals surface area contributed by atoms with Crippen LogP contribution in [0.2, 0.25) is 0 Å². The van der Waals surface area contributed by atoms with Gasteiger partial charge in [-0.25, -0.2) is 0 Å². The van der Waals surface area contributed by atoms with E-state index in [0.29, 0.717) is 0 Å². The molecule has 1 saturated heterocycles. The predicted octanol–water partition coefficient (Wildman–Crippen LogP) is 3.11. The van der Waals surface area contributed by atoms with Gasteiger partial charge in [-0.1, -0.05) is 24.3 Å². The van der Waals surface area contributed by atoms with Gasteiger partial charge in [-0.3, -0.25) is 0 Å². The molecular weight excluding hydrogens is 206 g/mol. The Labute approximate surface area is 104 Å². The first-order valence-corrected chi connectivity index (χ1v) is 6.90. The van der Waals surface area contributed by atoms with Crippen LogP contribution in [0, 0.1) is 5.92 Å². The molecule has 1 aliphatic carbocycles. The number of quaternary nitrogens is 1. The summed E-state index contributed by atoms with van der Waals surface area (Å²) in [7, 11) is 0. The van der Waals surface area contributed by atoms with Crippen molar-refractivity contribution in [3.05, 3.63) is 41.0 Å². The van der Waals surface area contributed by atoms with Gasteiger partial charge < -0.3 is 4.48 Å². The lowest BCUT2D eigenvalue weighted by Crippen LogP contribution is -2.45. The molecule has 1 aromatic rings. The van der Waals surface area contributed by atoms with E-state index < -0.39 is 0 Å². The highest BCUT2D eigenvalue weighted by atomic mass is 15.4. The van der Waals surface area contributed by atoms with Gasteiger partial charge in [0.25, 0.3) is 0 Å². The first kappa shape index (κ1) is 11.0. The van der Waals surface area contributed by atoms with Crippen LogP contribution < -0.4 is 0 Å². The number of likely N-dealkylation sites (N-methyl/N-ethyl adjacent to an activating group) is 1. The molecule has 0 amide bonds. The smallest absolute Gasteiger partial charge is 0.101 e. The van der Waals surface area contributed by atoms with Crippen molar-refractivity contribution in [3.63, 3.8) is 0 Å². The molecule has 1 aromatic carbocycles. The Kier molecular flexibility index (Phi) is 2.59. The quantitative estimate of drug-likeness (QED) is 0.682. The van der Waals surface area contributed by atoms with E-state index in [1.165, 1.54) is 42.6 Å². The van der Waals surface area contributed by atoms with Gasteiger partial charge in [0, 0.05) is 5.92 Å². The van der Waals surface area contributed by atoms with Crippen molar-refractivity contribution in [2.75, 3.05) is 26.2 Å². The standard InChI is InChI=1S/C16H22N/c1-3-17(4-2)11-15-9-13-7-5-6-8-14(13)10-16(15)12-17/h5-9,16H,3-4,10-12H2,1-2H3/q+1/t16-/m0/s1. The van der Waals surface area contributed by atoms with Gasteiger partial charge in [0.1, 0.15) is 6.54 Å². The number of fused-ring (bicyclic) bond motifs is 2. The molecule has 1 fully saturated rings.